The van der Waals surface area contributed by atoms with Crippen molar-refractivity contribution in [3.8, 4) is 17.2 Å². The molecule has 0 saturated carbocycles. The average Bonchev–Trinajstić information content (AvgIpc) is 2.45. The summed E-state index contributed by atoms with van der Waals surface area (Å²) in [6.07, 6.45) is 0. The summed E-state index contributed by atoms with van der Waals surface area (Å²) in [6.45, 7) is 5.00. The molecule has 0 radical (unpaired) electrons. The van der Waals surface area contributed by atoms with E-state index in [-0.39, 0.29) is 35.2 Å². The Hall–Kier alpha value is -2.24. The lowest BCUT2D eigenvalue weighted by atomic mass is 9.97. The van der Waals surface area contributed by atoms with Crippen LogP contribution in [0, 0.1) is 6.92 Å². The number of carbonyl (C=O) groups is 2. The van der Waals surface area contributed by atoms with E-state index >= 15 is 0 Å². The molecule has 0 aliphatic heterocycles. The standard InChI is InChI=1S/C15H20O6/c1-7-21-15(17)11-12(18-4)8(2)10(9(3)16)13(19-5)14(11)20-6/h7H2,1-6H3. The molecule has 0 aromatic heterocycles. The molecule has 0 heterocycles. The Morgan fingerprint density at radius 2 is 1.38 bits per heavy atom. The second kappa shape index (κ2) is 6.97. The number of esters is 1. The van der Waals surface area contributed by atoms with Crippen LogP contribution in [0.4, 0.5) is 0 Å². The highest BCUT2D eigenvalue weighted by Crippen LogP contribution is 2.44. The first-order chi connectivity index (χ1) is 9.94. The van der Waals surface area contributed by atoms with Crippen molar-refractivity contribution in [2.45, 2.75) is 20.8 Å². The van der Waals surface area contributed by atoms with Crippen molar-refractivity contribution < 1.29 is 28.5 Å². The molecule has 0 aliphatic carbocycles. The first-order valence-corrected chi connectivity index (χ1v) is 6.45. The minimum atomic E-state index is -0.595. The average molecular weight is 296 g/mol. The number of carbonyl (C=O) groups excluding carboxylic acids is 2. The van der Waals surface area contributed by atoms with E-state index in [2.05, 4.69) is 0 Å². The van der Waals surface area contributed by atoms with Gasteiger partial charge in [0.2, 0.25) is 0 Å². The highest BCUT2D eigenvalue weighted by atomic mass is 16.5. The van der Waals surface area contributed by atoms with Crippen LogP contribution in [0.15, 0.2) is 0 Å². The summed E-state index contributed by atoms with van der Waals surface area (Å²) >= 11 is 0. The summed E-state index contributed by atoms with van der Waals surface area (Å²) in [6, 6.07) is 0. The van der Waals surface area contributed by atoms with E-state index < -0.39 is 5.97 Å². The van der Waals surface area contributed by atoms with Crippen LogP contribution in [0.5, 0.6) is 17.2 Å². The SMILES string of the molecule is CCOC(=O)c1c(OC)c(C)c(C(C)=O)c(OC)c1OC. The predicted octanol–water partition coefficient (Wildman–Crippen LogP) is 2.40. The molecule has 21 heavy (non-hydrogen) atoms. The van der Waals surface area contributed by atoms with Crippen LogP contribution in [-0.4, -0.2) is 39.7 Å². The van der Waals surface area contributed by atoms with Crippen LogP contribution >= 0.6 is 0 Å². The van der Waals surface area contributed by atoms with Gasteiger partial charge in [0.15, 0.2) is 17.3 Å². The van der Waals surface area contributed by atoms with Gasteiger partial charge in [-0.25, -0.2) is 4.79 Å². The maximum Gasteiger partial charge on any atom is 0.345 e. The molecule has 0 aliphatic rings. The monoisotopic (exact) mass is 296 g/mol. The van der Waals surface area contributed by atoms with Gasteiger partial charge in [-0.05, 0) is 20.8 Å². The van der Waals surface area contributed by atoms with Gasteiger partial charge in [0.05, 0.1) is 33.5 Å². The van der Waals surface area contributed by atoms with Crippen LogP contribution in [0.3, 0.4) is 0 Å². The topological polar surface area (TPSA) is 71.1 Å². The summed E-state index contributed by atoms with van der Waals surface area (Å²) in [4.78, 5) is 24.1. The smallest absolute Gasteiger partial charge is 0.345 e. The maximum atomic E-state index is 12.2. The highest BCUT2D eigenvalue weighted by molar-refractivity contribution is 6.05. The van der Waals surface area contributed by atoms with Gasteiger partial charge in [0.25, 0.3) is 0 Å². The number of Topliss-reactive ketones (excluding diaryl/α,β-unsaturated/α-hetero) is 1. The van der Waals surface area contributed by atoms with Gasteiger partial charge in [-0.15, -0.1) is 0 Å². The zero-order valence-electron chi connectivity index (χ0n) is 13.2. The van der Waals surface area contributed by atoms with Crippen molar-refractivity contribution >= 4 is 11.8 Å². The Morgan fingerprint density at radius 3 is 1.76 bits per heavy atom. The normalized spacial score (nSPS) is 10.0. The van der Waals surface area contributed by atoms with E-state index in [0.29, 0.717) is 11.1 Å². The van der Waals surface area contributed by atoms with Crippen LogP contribution < -0.4 is 14.2 Å². The van der Waals surface area contributed by atoms with E-state index in [4.69, 9.17) is 18.9 Å². The molecule has 1 aromatic carbocycles. The number of methoxy groups -OCH3 is 3. The molecule has 116 valence electrons. The van der Waals surface area contributed by atoms with E-state index in [1.165, 1.54) is 28.3 Å². The Balaban J connectivity index is 3.82. The van der Waals surface area contributed by atoms with Gasteiger partial charge >= 0.3 is 5.97 Å². The third-order valence-electron chi connectivity index (χ3n) is 3.05. The van der Waals surface area contributed by atoms with Gasteiger partial charge in [-0.1, -0.05) is 0 Å². The molecule has 1 aromatic rings. The molecule has 0 spiro atoms. The minimum absolute atomic E-state index is 0.112. The number of hydrogen-bond acceptors (Lipinski definition) is 6. The van der Waals surface area contributed by atoms with Crippen LogP contribution in [0.25, 0.3) is 0 Å². The molecule has 6 nitrogen and oxygen atoms in total. The van der Waals surface area contributed by atoms with Crippen LogP contribution in [0.1, 0.15) is 40.1 Å². The van der Waals surface area contributed by atoms with Crippen LogP contribution in [0.2, 0.25) is 0 Å². The molecule has 0 atom stereocenters. The number of benzene rings is 1. The first kappa shape index (κ1) is 16.8. The fraction of sp³-hybridized carbons (Fsp3) is 0.467. The first-order valence-electron chi connectivity index (χ1n) is 6.45. The molecule has 0 unspecified atom stereocenters. The number of hydrogen-bond donors (Lipinski definition) is 0. The third-order valence-corrected chi connectivity index (χ3v) is 3.05. The second-order valence-electron chi connectivity index (χ2n) is 4.25. The van der Waals surface area contributed by atoms with E-state index in [9.17, 15) is 9.59 Å². The van der Waals surface area contributed by atoms with Gasteiger partial charge in [-0.3, -0.25) is 4.79 Å². The fourth-order valence-electron chi connectivity index (χ4n) is 2.26. The quantitative estimate of drug-likeness (QED) is 0.593. The lowest BCUT2D eigenvalue weighted by Crippen LogP contribution is -2.14. The fourth-order valence-corrected chi connectivity index (χ4v) is 2.26. The predicted molar refractivity (Wildman–Crippen MR) is 76.8 cm³/mol. The maximum absolute atomic E-state index is 12.2. The summed E-state index contributed by atoms with van der Waals surface area (Å²) in [5, 5.41) is 0. The Labute approximate surface area is 123 Å². The number of rotatable bonds is 6. The third kappa shape index (κ3) is 2.94. The molecule has 0 bridgehead atoms. The molecule has 0 N–H and O–H groups in total. The summed E-state index contributed by atoms with van der Waals surface area (Å²) < 4.78 is 20.9. The van der Waals surface area contributed by atoms with Crippen molar-refractivity contribution in [1.82, 2.24) is 0 Å². The molecule has 1 rings (SSSR count). The highest BCUT2D eigenvalue weighted by Gasteiger charge is 2.30. The Kier molecular flexibility index (Phi) is 5.58. The molecule has 0 saturated heterocycles. The molecule has 0 fully saturated rings. The van der Waals surface area contributed by atoms with Gasteiger partial charge < -0.3 is 18.9 Å². The van der Waals surface area contributed by atoms with Crippen molar-refractivity contribution in [1.29, 1.82) is 0 Å². The van der Waals surface area contributed by atoms with Crippen molar-refractivity contribution in [3.05, 3.63) is 16.7 Å². The van der Waals surface area contributed by atoms with Crippen molar-refractivity contribution in [2.24, 2.45) is 0 Å². The Morgan fingerprint density at radius 1 is 0.905 bits per heavy atom. The van der Waals surface area contributed by atoms with E-state index in [0.717, 1.165) is 0 Å². The van der Waals surface area contributed by atoms with Gasteiger partial charge in [0, 0.05) is 5.56 Å². The molecular formula is C15H20O6. The summed E-state index contributed by atoms with van der Waals surface area (Å²) in [5.41, 5.74) is 0.936. The summed E-state index contributed by atoms with van der Waals surface area (Å²) in [5.74, 6) is -0.231. The zero-order chi connectivity index (χ0) is 16.2. The van der Waals surface area contributed by atoms with Gasteiger partial charge in [-0.2, -0.15) is 0 Å². The second-order valence-corrected chi connectivity index (χ2v) is 4.25. The lowest BCUT2D eigenvalue weighted by Gasteiger charge is -2.20. The van der Waals surface area contributed by atoms with E-state index in [1.54, 1.807) is 13.8 Å². The molecular weight excluding hydrogens is 276 g/mol. The van der Waals surface area contributed by atoms with Crippen LogP contribution in [-0.2, 0) is 4.74 Å². The molecule has 6 heteroatoms. The minimum Gasteiger partial charge on any atom is -0.495 e. The zero-order valence-corrected chi connectivity index (χ0v) is 13.2. The van der Waals surface area contributed by atoms with Crippen molar-refractivity contribution in [3.63, 3.8) is 0 Å². The Bertz CT molecular complexity index is 562. The molecule has 0 amide bonds. The lowest BCUT2D eigenvalue weighted by molar-refractivity contribution is 0.0517. The number of ether oxygens (including phenoxy) is 4. The van der Waals surface area contributed by atoms with Crippen molar-refractivity contribution in [2.75, 3.05) is 27.9 Å². The summed E-state index contributed by atoms with van der Waals surface area (Å²) in [7, 11) is 4.21. The van der Waals surface area contributed by atoms with E-state index in [1.807, 2.05) is 0 Å². The largest absolute Gasteiger partial charge is 0.495 e. The number of ketones is 1. The van der Waals surface area contributed by atoms with Gasteiger partial charge in [0.1, 0.15) is 11.3 Å².